The Kier molecular flexibility index (Phi) is 9.23. The van der Waals surface area contributed by atoms with Gasteiger partial charge in [-0.3, -0.25) is 0 Å². The first kappa shape index (κ1) is 44.2. The lowest BCUT2D eigenvalue weighted by atomic mass is 9.61. The molecule has 0 radical (unpaired) electrons. The largest absolute Gasteiger partial charge is 0.310 e. The van der Waals surface area contributed by atoms with Gasteiger partial charge in [-0.25, -0.2) is 0 Å². The molecule has 0 heterocycles. The molecule has 0 amide bonds. The van der Waals surface area contributed by atoms with E-state index in [0.717, 1.165) is 24.2 Å². The van der Waals surface area contributed by atoms with Gasteiger partial charge in [-0.1, -0.05) is 224 Å². The summed E-state index contributed by atoms with van der Waals surface area (Å²) in [7, 11) is 0. The third-order valence-corrected chi connectivity index (χ3v) is 18.5. The maximum Gasteiger partial charge on any atom is 0.0726 e. The summed E-state index contributed by atoms with van der Waals surface area (Å²) >= 11 is 0. The van der Waals surface area contributed by atoms with Gasteiger partial charge in [0.2, 0.25) is 0 Å². The van der Waals surface area contributed by atoms with E-state index < -0.39 is 5.41 Å². The van der Waals surface area contributed by atoms with Gasteiger partial charge in [0.1, 0.15) is 0 Å². The lowest BCUT2D eigenvalue weighted by molar-refractivity contribution is 0.333. The lowest BCUT2D eigenvalue weighted by Crippen LogP contribution is -2.34. The van der Waals surface area contributed by atoms with Gasteiger partial charge in [0.15, 0.2) is 0 Å². The quantitative estimate of drug-likeness (QED) is 0.155. The molecule has 11 aromatic rings. The van der Waals surface area contributed by atoms with E-state index in [4.69, 9.17) is 0 Å². The summed E-state index contributed by atoms with van der Waals surface area (Å²) in [4.78, 5) is 2.63. The zero-order valence-corrected chi connectivity index (χ0v) is 43.7. The molecule has 1 heteroatoms. The predicted octanol–water partition coefficient (Wildman–Crippen LogP) is 19.8. The van der Waals surface area contributed by atoms with Crippen LogP contribution in [0.15, 0.2) is 224 Å². The molecule has 0 saturated carbocycles. The third-order valence-electron chi connectivity index (χ3n) is 18.5. The SMILES string of the molecule is CC1(C)CCC(C)(C)c2c(-c3cc4c(cc3N(c3ccc(-c5cc6ccccc6c6ccccc56)cc3)c3ccc5c(c3)C(C)(C)c3ccccc3-5)C3(c5ccccc5-c5ccccc53)c3ccccc3-4)cccc21. The zero-order chi connectivity index (χ0) is 50.6. The number of fused-ring (bicyclic) bond motifs is 17. The Balaban J connectivity index is 1.05. The maximum absolute atomic E-state index is 2.64. The predicted molar refractivity (Wildman–Crippen MR) is 316 cm³/mol. The van der Waals surface area contributed by atoms with Crippen molar-refractivity contribution in [2.75, 3.05) is 4.90 Å². The molecule has 75 heavy (non-hydrogen) atoms. The van der Waals surface area contributed by atoms with Crippen LogP contribution in [0.1, 0.15) is 98.9 Å². The summed E-state index contributed by atoms with van der Waals surface area (Å²) in [5, 5.41) is 5.09. The molecule has 4 aliphatic rings. The maximum atomic E-state index is 2.64. The van der Waals surface area contributed by atoms with Crippen molar-refractivity contribution in [1.29, 1.82) is 0 Å². The van der Waals surface area contributed by atoms with E-state index >= 15 is 0 Å². The van der Waals surface area contributed by atoms with Crippen molar-refractivity contribution in [2.24, 2.45) is 0 Å². The number of benzene rings is 11. The fourth-order valence-corrected chi connectivity index (χ4v) is 14.8. The Hall–Kier alpha value is -8.26. The van der Waals surface area contributed by atoms with Crippen molar-refractivity contribution in [1.82, 2.24) is 0 Å². The second-order valence-corrected chi connectivity index (χ2v) is 23.8. The molecular formula is C74H59N. The van der Waals surface area contributed by atoms with Crippen LogP contribution in [0.5, 0.6) is 0 Å². The van der Waals surface area contributed by atoms with Crippen LogP contribution in [0.25, 0.3) is 77.2 Å². The van der Waals surface area contributed by atoms with Gasteiger partial charge in [-0.15, -0.1) is 0 Å². The van der Waals surface area contributed by atoms with E-state index in [1.807, 2.05) is 0 Å². The molecular weight excluding hydrogens is 903 g/mol. The first-order valence-corrected chi connectivity index (χ1v) is 27.1. The average Bonchev–Trinajstić information content (AvgIpc) is 4.22. The normalized spacial score (nSPS) is 16.2. The molecule has 0 unspecified atom stereocenters. The lowest BCUT2D eigenvalue weighted by Gasteiger charge is -2.43. The minimum absolute atomic E-state index is 0.0364. The molecule has 0 N–H and O–H groups in total. The van der Waals surface area contributed by atoms with Crippen LogP contribution < -0.4 is 4.90 Å². The highest BCUT2D eigenvalue weighted by molar-refractivity contribution is 6.14. The smallest absolute Gasteiger partial charge is 0.0726 e. The summed E-state index contributed by atoms with van der Waals surface area (Å²) in [5.41, 5.74) is 26.8. The monoisotopic (exact) mass is 961 g/mol. The molecule has 0 bridgehead atoms. The molecule has 1 nitrogen and oxygen atoms in total. The van der Waals surface area contributed by atoms with Crippen LogP contribution >= 0.6 is 0 Å². The summed E-state index contributed by atoms with van der Waals surface area (Å²) in [6.07, 6.45) is 2.28. The van der Waals surface area contributed by atoms with E-state index in [2.05, 4.69) is 271 Å². The van der Waals surface area contributed by atoms with Crippen molar-refractivity contribution in [3.63, 3.8) is 0 Å². The number of anilines is 3. The second kappa shape index (κ2) is 15.6. The van der Waals surface area contributed by atoms with Crippen molar-refractivity contribution in [3.8, 4) is 55.6 Å². The summed E-state index contributed by atoms with van der Waals surface area (Å²) in [6, 6.07) is 86.2. The highest BCUT2D eigenvalue weighted by Crippen LogP contribution is 2.65. The zero-order valence-electron chi connectivity index (χ0n) is 43.7. The van der Waals surface area contributed by atoms with Gasteiger partial charge < -0.3 is 4.90 Å². The number of hydrogen-bond acceptors (Lipinski definition) is 1. The van der Waals surface area contributed by atoms with Crippen molar-refractivity contribution in [2.45, 2.75) is 76.0 Å². The van der Waals surface area contributed by atoms with Crippen molar-refractivity contribution >= 4 is 38.6 Å². The van der Waals surface area contributed by atoms with Crippen molar-refractivity contribution in [3.05, 3.63) is 269 Å². The van der Waals surface area contributed by atoms with E-state index in [1.165, 1.54) is 127 Å². The van der Waals surface area contributed by atoms with E-state index in [0.29, 0.717) is 0 Å². The van der Waals surface area contributed by atoms with E-state index in [1.54, 1.807) is 0 Å². The van der Waals surface area contributed by atoms with Gasteiger partial charge >= 0.3 is 0 Å². The molecule has 0 aromatic heterocycles. The molecule has 0 fully saturated rings. The van der Waals surface area contributed by atoms with Crippen LogP contribution in [-0.2, 0) is 21.7 Å². The van der Waals surface area contributed by atoms with Gasteiger partial charge in [0, 0.05) is 22.4 Å². The topological polar surface area (TPSA) is 3.24 Å². The number of hydrogen-bond donors (Lipinski definition) is 0. The van der Waals surface area contributed by atoms with Gasteiger partial charge in [0.05, 0.1) is 11.1 Å². The number of rotatable bonds is 5. The minimum Gasteiger partial charge on any atom is -0.310 e. The molecule has 0 saturated heterocycles. The van der Waals surface area contributed by atoms with E-state index in [-0.39, 0.29) is 16.2 Å². The molecule has 15 rings (SSSR count). The second-order valence-electron chi connectivity index (χ2n) is 23.8. The van der Waals surface area contributed by atoms with Crippen LogP contribution in [-0.4, -0.2) is 0 Å². The Morgan fingerprint density at radius 3 is 1.49 bits per heavy atom. The van der Waals surface area contributed by atoms with Crippen LogP contribution in [0.2, 0.25) is 0 Å². The Labute approximate surface area is 441 Å². The Morgan fingerprint density at radius 2 is 0.813 bits per heavy atom. The summed E-state index contributed by atoms with van der Waals surface area (Å²) in [5.74, 6) is 0. The molecule has 360 valence electrons. The van der Waals surface area contributed by atoms with Crippen LogP contribution in [0.4, 0.5) is 17.1 Å². The number of nitrogens with zero attached hydrogens (tertiary/aromatic N) is 1. The van der Waals surface area contributed by atoms with Crippen LogP contribution in [0.3, 0.4) is 0 Å². The fraction of sp³-hybridized carbons (Fsp3) is 0.162. The highest BCUT2D eigenvalue weighted by Gasteiger charge is 2.52. The summed E-state index contributed by atoms with van der Waals surface area (Å²) < 4.78 is 0. The average molecular weight is 962 g/mol. The Morgan fingerprint density at radius 1 is 0.307 bits per heavy atom. The first-order chi connectivity index (χ1) is 36.4. The Bertz CT molecular complexity index is 4170. The molecule has 0 aliphatic heterocycles. The van der Waals surface area contributed by atoms with Crippen LogP contribution in [0, 0.1) is 0 Å². The molecule has 1 spiro atoms. The fourth-order valence-electron chi connectivity index (χ4n) is 14.8. The molecule has 0 atom stereocenters. The van der Waals surface area contributed by atoms with E-state index in [9.17, 15) is 0 Å². The highest BCUT2D eigenvalue weighted by atomic mass is 15.1. The minimum atomic E-state index is -0.516. The van der Waals surface area contributed by atoms with Gasteiger partial charge in [0.25, 0.3) is 0 Å². The standard InChI is InChI=1S/C74H59N/c1-71(2)40-41-72(3,4)70-58(28-19-33-66(70)71)61-44-60-56-27-14-18-32-65(56)74(63-30-16-12-25-54(63)55-26-13-17-31-64(55)74)68(60)45-69(61)75(49-38-39-57-53-24-11-15-29-62(53)73(5,6)67(57)43-49)48-36-34-46(35-37-48)59-42-47-20-7-8-21-50(47)51-22-9-10-23-52(51)59/h7-39,42-45H,40-41H2,1-6H3. The van der Waals surface area contributed by atoms with Crippen molar-refractivity contribution < 1.29 is 0 Å². The molecule has 4 aliphatic carbocycles. The van der Waals surface area contributed by atoms with Gasteiger partial charge in [-0.2, -0.15) is 0 Å². The van der Waals surface area contributed by atoms with Gasteiger partial charge in [-0.05, 0) is 182 Å². The summed E-state index contributed by atoms with van der Waals surface area (Å²) in [6.45, 7) is 14.7. The third kappa shape index (κ3) is 6.07. The molecule has 11 aromatic carbocycles. The first-order valence-electron chi connectivity index (χ1n) is 27.1.